The van der Waals surface area contributed by atoms with Gasteiger partial charge in [-0.3, -0.25) is 9.59 Å². The Morgan fingerprint density at radius 1 is 1.31 bits per heavy atom. The van der Waals surface area contributed by atoms with Gasteiger partial charge < -0.3 is 10.4 Å². The lowest BCUT2D eigenvalue weighted by Gasteiger charge is -2.33. The summed E-state index contributed by atoms with van der Waals surface area (Å²) in [7, 11) is 0. The number of thiophene rings is 1. The molecule has 9 heteroatoms. The van der Waals surface area contributed by atoms with E-state index in [4.69, 9.17) is 5.11 Å². The number of nitrogens with zero attached hydrogens (tertiary/aromatic N) is 1. The minimum Gasteiger partial charge on any atom is -0.481 e. The third kappa shape index (κ3) is 3.98. The van der Waals surface area contributed by atoms with Gasteiger partial charge in [-0.25, -0.2) is 4.98 Å². The summed E-state index contributed by atoms with van der Waals surface area (Å²) in [5.74, 6) is -1.73. The van der Waals surface area contributed by atoms with Crippen LogP contribution < -0.4 is 5.32 Å². The molecule has 5 nitrogen and oxygen atoms in total. The van der Waals surface area contributed by atoms with Gasteiger partial charge in [0.05, 0.1) is 16.8 Å². The maximum absolute atomic E-state index is 12.8. The van der Waals surface area contributed by atoms with Crippen molar-refractivity contribution in [3.05, 3.63) is 28.3 Å². The molecular weight excluding hydrogens is 369 g/mol. The van der Waals surface area contributed by atoms with Crippen molar-refractivity contribution >= 4 is 33.4 Å². The zero-order chi connectivity index (χ0) is 19.9. The van der Waals surface area contributed by atoms with E-state index in [-0.39, 0.29) is 22.0 Å². The summed E-state index contributed by atoms with van der Waals surface area (Å²) in [4.78, 5) is 27.7. The van der Waals surface area contributed by atoms with Crippen molar-refractivity contribution in [2.75, 3.05) is 0 Å². The van der Waals surface area contributed by atoms with Crippen LogP contribution in [-0.2, 0) is 11.0 Å². The van der Waals surface area contributed by atoms with Crippen molar-refractivity contribution in [3.8, 4) is 0 Å². The standard InChI is InChI=1S/C17H19F3N2O3S/c1-8(2)16(4,7-12(23)24)22-14(25)13-9(3)10-5-6-11(17(18,19)20)21-15(10)26-13/h5-6,8H,7H2,1-4H3,(H,22,25)(H,23,24). The molecule has 0 aliphatic rings. The Balaban J connectivity index is 2.41. The van der Waals surface area contributed by atoms with Gasteiger partial charge in [0.15, 0.2) is 0 Å². The number of aromatic nitrogens is 1. The molecule has 0 aliphatic heterocycles. The maximum atomic E-state index is 12.8. The fourth-order valence-corrected chi connectivity index (χ4v) is 3.57. The molecule has 26 heavy (non-hydrogen) atoms. The lowest BCUT2D eigenvalue weighted by atomic mass is 9.85. The van der Waals surface area contributed by atoms with Gasteiger partial charge in [-0.2, -0.15) is 13.2 Å². The Hall–Kier alpha value is -2.16. The molecule has 0 radical (unpaired) electrons. The first kappa shape index (κ1) is 20.2. The van der Waals surface area contributed by atoms with E-state index in [2.05, 4.69) is 10.3 Å². The van der Waals surface area contributed by atoms with E-state index in [1.54, 1.807) is 27.7 Å². The van der Waals surface area contributed by atoms with E-state index < -0.39 is 29.3 Å². The summed E-state index contributed by atoms with van der Waals surface area (Å²) in [5.41, 5.74) is -1.49. The fraction of sp³-hybridized carbons (Fsp3) is 0.471. The second-order valence-electron chi connectivity index (χ2n) is 6.70. The molecule has 2 aromatic heterocycles. The highest BCUT2D eigenvalue weighted by Crippen LogP contribution is 2.34. The number of carboxylic acids is 1. The number of hydrogen-bond donors (Lipinski definition) is 2. The van der Waals surface area contributed by atoms with Gasteiger partial charge in [-0.1, -0.05) is 13.8 Å². The normalized spacial score (nSPS) is 14.5. The monoisotopic (exact) mass is 388 g/mol. The van der Waals surface area contributed by atoms with Crippen LogP contribution in [0, 0.1) is 12.8 Å². The van der Waals surface area contributed by atoms with E-state index in [1.807, 2.05) is 0 Å². The number of pyridine rings is 1. The Labute approximate surface area is 152 Å². The first-order valence-electron chi connectivity index (χ1n) is 7.87. The molecular formula is C17H19F3N2O3S. The molecule has 0 saturated carbocycles. The SMILES string of the molecule is Cc1c(C(=O)NC(C)(CC(=O)O)C(C)C)sc2nc(C(F)(F)F)ccc12. The Kier molecular flexibility index (Phi) is 5.32. The van der Waals surface area contributed by atoms with Crippen LogP contribution in [-0.4, -0.2) is 27.5 Å². The summed E-state index contributed by atoms with van der Waals surface area (Å²) in [6.07, 6.45) is -4.83. The van der Waals surface area contributed by atoms with Crippen LogP contribution in [0.1, 0.15) is 48.1 Å². The van der Waals surface area contributed by atoms with E-state index >= 15 is 0 Å². The molecule has 2 rings (SSSR count). The number of carbonyl (C=O) groups excluding carboxylic acids is 1. The number of amides is 1. The summed E-state index contributed by atoms with van der Waals surface area (Å²) in [6, 6.07) is 2.18. The van der Waals surface area contributed by atoms with Crippen molar-refractivity contribution in [1.29, 1.82) is 0 Å². The number of carbonyl (C=O) groups is 2. The van der Waals surface area contributed by atoms with Crippen molar-refractivity contribution in [3.63, 3.8) is 0 Å². The molecule has 0 aliphatic carbocycles. The highest BCUT2D eigenvalue weighted by Gasteiger charge is 2.35. The van der Waals surface area contributed by atoms with E-state index in [0.717, 1.165) is 17.4 Å². The highest BCUT2D eigenvalue weighted by atomic mass is 32.1. The first-order valence-corrected chi connectivity index (χ1v) is 8.68. The molecule has 0 saturated heterocycles. The molecule has 0 aromatic carbocycles. The van der Waals surface area contributed by atoms with E-state index in [0.29, 0.717) is 10.9 Å². The summed E-state index contributed by atoms with van der Waals surface area (Å²) in [5, 5.41) is 12.3. The molecule has 2 N–H and O–H groups in total. The zero-order valence-corrected chi connectivity index (χ0v) is 15.5. The van der Waals surface area contributed by atoms with Crippen LogP contribution in [0.25, 0.3) is 10.2 Å². The molecule has 1 atom stereocenters. The van der Waals surface area contributed by atoms with Gasteiger partial charge in [0.25, 0.3) is 5.91 Å². The number of aryl methyl sites for hydroxylation is 1. The van der Waals surface area contributed by atoms with Crippen LogP contribution in [0.5, 0.6) is 0 Å². The average molecular weight is 388 g/mol. The third-order valence-electron chi connectivity index (χ3n) is 4.49. The largest absolute Gasteiger partial charge is 0.481 e. The summed E-state index contributed by atoms with van der Waals surface area (Å²) < 4.78 is 38.5. The third-order valence-corrected chi connectivity index (χ3v) is 5.69. The quantitative estimate of drug-likeness (QED) is 0.803. The number of rotatable bonds is 5. The minimum absolute atomic E-state index is 0.118. The Morgan fingerprint density at radius 2 is 1.92 bits per heavy atom. The zero-order valence-electron chi connectivity index (χ0n) is 14.7. The molecule has 1 unspecified atom stereocenters. The molecule has 1 amide bonds. The van der Waals surface area contributed by atoms with Gasteiger partial charge in [0.2, 0.25) is 0 Å². The number of aliphatic carboxylic acids is 1. The van der Waals surface area contributed by atoms with Crippen LogP contribution in [0.15, 0.2) is 12.1 Å². The number of alkyl halides is 3. The van der Waals surface area contributed by atoms with Crippen molar-refractivity contribution in [2.24, 2.45) is 5.92 Å². The molecule has 2 heterocycles. The van der Waals surface area contributed by atoms with Gasteiger partial charge >= 0.3 is 12.1 Å². The topological polar surface area (TPSA) is 79.3 Å². The van der Waals surface area contributed by atoms with Crippen LogP contribution in [0.2, 0.25) is 0 Å². The van der Waals surface area contributed by atoms with Crippen LogP contribution in [0.3, 0.4) is 0 Å². The number of fused-ring (bicyclic) bond motifs is 1. The van der Waals surface area contributed by atoms with Crippen LogP contribution in [0.4, 0.5) is 13.2 Å². The molecule has 142 valence electrons. The molecule has 0 spiro atoms. The molecule has 0 bridgehead atoms. The number of carboxylic acid groups (broad SMARTS) is 1. The van der Waals surface area contributed by atoms with Gasteiger partial charge in [0.1, 0.15) is 10.5 Å². The van der Waals surface area contributed by atoms with Crippen LogP contribution >= 0.6 is 11.3 Å². The second kappa shape index (κ2) is 6.86. The summed E-state index contributed by atoms with van der Waals surface area (Å²) >= 11 is 0.863. The Morgan fingerprint density at radius 3 is 2.42 bits per heavy atom. The Bertz CT molecular complexity index is 861. The number of hydrogen-bond acceptors (Lipinski definition) is 4. The van der Waals surface area contributed by atoms with Gasteiger partial charge in [-0.15, -0.1) is 11.3 Å². The van der Waals surface area contributed by atoms with Crippen molar-refractivity contribution in [1.82, 2.24) is 10.3 Å². The average Bonchev–Trinajstić information content (AvgIpc) is 2.82. The lowest BCUT2D eigenvalue weighted by molar-refractivity contribution is -0.141. The highest BCUT2D eigenvalue weighted by molar-refractivity contribution is 7.20. The molecule has 0 fully saturated rings. The lowest BCUT2D eigenvalue weighted by Crippen LogP contribution is -2.51. The molecule has 2 aromatic rings. The first-order chi connectivity index (χ1) is 11.8. The minimum atomic E-state index is -4.56. The van der Waals surface area contributed by atoms with E-state index in [9.17, 15) is 22.8 Å². The summed E-state index contributed by atoms with van der Waals surface area (Å²) in [6.45, 7) is 6.84. The predicted octanol–water partition coefficient (Wildman–Crippen LogP) is 4.24. The van der Waals surface area contributed by atoms with Gasteiger partial charge in [-0.05, 0) is 37.5 Å². The predicted molar refractivity (Wildman–Crippen MR) is 92.3 cm³/mol. The number of halogens is 3. The second-order valence-corrected chi connectivity index (χ2v) is 7.70. The fourth-order valence-electron chi connectivity index (χ4n) is 2.50. The smallest absolute Gasteiger partial charge is 0.433 e. The van der Waals surface area contributed by atoms with Crippen molar-refractivity contribution < 1.29 is 27.9 Å². The van der Waals surface area contributed by atoms with E-state index in [1.165, 1.54) is 6.07 Å². The van der Waals surface area contributed by atoms with Crippen molar-refractivity contribution in [2.45, 2.75) is 45.8 Å². The number of nitrogens with one attached hydrogen (secondary N) is 1. The maximum Gasteiger partial charge on any atom is 0.433 e. The van der Waals surface area contributed by atoms with Gasteiger partial charge in [0, 0.05) is 5.39 Å².